The van der Waals surface area contributed by atoms with E-state index < -0.39 is 0 Å². The molecule has 0 aliphatic carbocycles. The van der Waals surface area contributed by atoms with Crippen LogP contribution in [0.15, 0.2) is 47.8 Å². The summed E-state index contributed by atoms with van der Waals surface area (Å²) in [6.07, 6.45) is 3.74. The smallest absolute Gasteiger partial charge is 0.263 e. The molecule has 2 atom stereocenters. The number of hydrogen-bond acceptors (Lipinski definition) is 4. The third-order valence-corrected chi connectivity index (χ3v) is 6.41. The summed E-state index contributed by atoms with van der Waals surface area (Å²) in [6, 6.07) is 14.4. The normalized spacial score (nSPS) is 23.5. The summed E-state index contributed by atoms with van der Waals surface area (Å²) in [6.45, 7) is 4.49. The van der Waals surface area contributed by atoms with Crippen LogP contribution in [0, 0.1) is 5.92 Å². The van der Waals surface area contributed by atoms with Crippen molar-refractivity contribution in [3.05, 3.63) is 52.7 Å². The Morgan fingerprint density at radius 3 is 2.81 bits per heavy atom. The standard InChI is InChI=1S/C21H26N2O2S/c24-21(20-10-6-14-26-20)23-15-17-7-4-5-11-22(19(17)16-23)12-13-25-18-8-2-1-3-9-18/h1-3,6,8-10,14,17,19H,4-5,7,11-13,15-16H2/t17-,19+/m0/s1. The van der Waals surface area contributed by atoms with E-state index in [1.54, 1.807) is 11.3 Å². The topological polar surface area (TPSA) is 32.8 Å². The van der Waals surface area contributed by atoms with E-state index in [-0.39, 0.29) is 5.91 Å². The quantitative estimate of drug-likeness (QED) is 0.803. The zero-order chi connectivity index (χ0) is 17.8. The molecule has 0 spiro atoms. The number of fused-ring (bicyclic) bond motifs is 1. The first-order chi connectivity index (χ1) is 12.8. The average molecular weight is 371 g/mol. The molecule has 1 aromatic heterocycles. The Morgan fingerprint density at radius 2 is 2.00 bits per heavy atom. The van der Waals surface area contributed by atoms with Crippen LogP contribution >= 0.6 is 11.3 Å². The fraction of sp³-hybridized carbons (Fsp3) is 0.476. The number of amides is 1. The van der Waals surface area contributed by atoms with Gasteiger partial charge in [-0.05, 0) is 48.9 Å². The van der Waals surface area contributed by atoms with Crippen molar-refractivity contribution < 1.29 is 9.53 Å². The molecule has 138 valence electrons. The van der Waals surface area contributed by atoms with Gasteiger partial charge in [0.1, 0.15) is 12.4 Å². The maximum Gasteiger partial charge on any atom is 0.263 e. The van der Waals surface area contributed by atoms with Crippen LogP contribution in [0.3, 0.4) is 0 Å². The van der Waals surface area contributed by atoms with Crippen LogP contribution in [-0.4, -0.2) is 54.5 Å². The molecule has 2 saturated heterocycles. The molecular formula is C21H26N2O2S. The zero-order valence-corrected chi connectivity index (χ0v) is 15.9. The highest BCUT2D eigenvalue weighted by atomic mass is 32.1. The first-order valence-electron chi connectivity index (χ1n) is 9.56. The van der Waals surface area contributed by atoms with Crippen LogP contribution in [0.1, 0.15) is 28.9 Å². The van der Waals surface area contributed by atoms with Crippen LogP contribution in [0.4, 0.5) is 0 Å². The minimum Gasteiger partial charge on any atom is -0.492 e. The molecule has 26 heavy (non-hydrogen) atoms. The van der Waals surface area contributed by atoms with Gasteiger partial charge in [0, 0.05) is 25.7 Å². The number of benzene rings is 1. The van der Waals surface area contributed by atoms with Crippen molar-refractivity contribution in [1.82, 2.24) is 9.80 Å². The molecule has 2 aromatic rings. The molecule has 0 radical (unpaired) electrons. The summed E-state index contributed by atoms with van der Waals surface area (Å²) in [5.41, 5.74) is 0. The van der Waals surface area contributed by atoms with Gasteiger partial charge in [-0.2, -0.15) is 0 Å². The Balaban J connectivity index is 1.37. The first-order valence-corrected chi connectivity index (χ1v) is 10.4. The highest BCUT2D eigenvalue weighted by Crippen LogP contribution is 2.31. The number of ether oxygens (including phenoxy) is 1. The molecule has 5 heteroatoms. The summed E-state index contributed by atoms with van der Waals surface area (Å²) in [4.78, 5) is 18.2. The lowest BCUT2D eigenvalue weighted by molar-refractivity contribution is 0.0776. The van der Waals surface area contributed by atoms with E-state index in [0.717, 1.165) is 36.8 Å². The highest BCUT2D eigenvalue weighted by molar-refractivity contribution is 7.12. The minimum atomic E-state index is 0.202. The van der Waals surface area contributed by atoms with E-state index in [1.807, 2.05) is 47.8 Å². The third-order valence-electron chi connectivity index (χ3n) is 5.56. The number of nitrogens with zero attached hydrogens (tertiary/aromatic N) is 2. The van der Waals surface area contributed by atoms with E-state index in [0.29, 0.717) is 18.6 Å². The molecule has 0 saturated carbocycles. The van der Waals surface area contributed by atoms with Crippen LogP contribution in [0.25, 0.3) is 0 Å². The van der Waals surface area contributed by atoms with Gasteiger partial charge >= 0.3 is 0 Å². The fourth-order valence-corrected chi connectivity index (χ4v) is 4.93. The number of carbonyl (C=O) groups excluding carboxylic acids is 1. The predicted molar refractivity (Wildman–Crippen MR) is 105 cm³/mol. The molecular weight excluding hydrogens is 344 g/mol. The van der Waals surface area contributed by atoms with Gasteiger partial charge in [-0.15, -0.1) is 11.3 Å². The third kappa shape index (κ3) is 3.94. The highest BCUT2D eigenvalue weighted by Gasteiger charge is 2.39. The van der Waals surface area contributed by atoms with E-state index in [2.05, 4.69) is 9.80 Å². The fourth-order valence-electron chi connectivity index (χ4n) is 4.24. The van der Waals surface area contributed by atoms with Crippen LogP contribution in [-0.2, 0) is 0 Å². The molecule has 2 aliphatic rings. The second kappa shape index (κ2) is 8.23. The molecule has 1 amide bonds. The van der Waals surface area contributed by atoms with Crippen molar-refractivity contribution in [2.75, 3.05) is 32.8 Å². The Morgan fingerprint density at radius 1 is 1.12 bits per heavy atom. The van der Waals surface area contributed by atoms with Crippen LogP contribution < -0.4 is 4.74 Å². The zero-order valence-electron chi connectivity index (χ0n) is 15.0. The summed E-state index contributed by atoms with van der Waals surface area (Å²) in [5, 5.41) is 1.98. The predicted octanol–water partition coefficient (Wildman–Crippen LogP) is 3.75. The SMILES string of the molecule is O=C(c1cccs1)N1C[C@@H]2CCCCN(CCOc3ccccc3)[C@@H]2C1. The van der Waals surface area contributed by atoms with Gasteiger partial charge in [-0.25, -0.2) is 0 Å². The molecule has 4 rings (SSSR count). The van der Waals surface area contributed by atoms with Crippen LogP contribution in [0.2, 0.25) is 0 Å². The Labute approximate surface area is 159 Å². The van der Waals surface area contributed by atoms with Crippen molar-refractivity contribution in [1.29, 1.82) is 0 Å². The van der Waals surface area contributed by atoms with Crippen molar-refractivity contribution >= 4 is 17.2 Å². The largest absolute Gasteiger partial charge is 0.492 e. The Hall–Kier alpha value is -1.85. The summed E-state index contributed by atoms with van der Waals surface area (Å²) < 4.78 is 5.91. The summed E-state index contributed by atoms with van der Waals surface area (Å²) >= 11 is 1.54. The molecule has 2 fully saturated rings. The molecule has 4 nitrogen and oxygen atoms in total. The van der Waals surface area contributed by atoms with Crippen molar-refractivity contribution in [3.63, 3.8) is 0 Å². The van der Waals surface area contributed by atoms with Crippen molar-refractivity contribution in [2.24, 2.45) is 5.92 Å². The summed E-state index contributed by atoms with van der Waals surface area (Å²) in [5.74, 6) is 1.73. The van der Waals surface area contributed by atoms with Gasteiger partial charge in [0.15, 0.2) is 0 Å². The molecule has 0 unspecified atom stereocenters. The molecule has 0 bridgehead atoms. The Kier molecular flexibility index (Phi) is 5.56. The second-order valence-electron chi connectivity index (χ2n) is 7.21. The van der Waals surface area contributed by atoms with Gasteiger partial charge in [0.2, 0.25) is 0 Å². The van der Waals surface area contributed by atoms with Gasteiger partial charge in [-0.1, -0.05) is 30.7 Å². The van der Waals surface area contributed by atoms with E-state index in [4.69, 9.17) is 4.74 Å². The van der Waals surface area contributed by atoms with E-state index in [1.165, 1.54) is 19.3 Å². The van der Waals surface area contributed by atoms with Crippen LogP contribution in [0.5, 0.6) is 5.75 Å². The van der Waals surface area contributed by atoms with Gasteiger partial charge in [0.05, 0.1) is 4.88 Å². The molecule has 1 aromatic carbocycles. The lowest BCUT2D eigenvalue weighted by Gasteiger charge is -2.29. The van der Waals surface area contributed by atoms with Gasteiger partial charge in [-0.3, -0.25) is 9.69 Å². The van der Waals surface area contributed by atoms with Gasteiger partial charge in [0.25, 0.3) is 5.91 Å². The number of rotatable bonds is 5. The van der Waals surface area contributed by atoms with E-state index >= 15 is 0 Å². The number of para-hydroxylation sites is 1. The summed E-state index contributed by atoms with van der Waals surface area (Å²) in [7, 11) is 0. The lowest BCUT2D eigenvalue weighted by atomic mass is 9.98. The first kappa shape index (κ1) is 17.6. The number of hydrogen-bond donors (Lipinski definition) is 0. The minimum absolute atomic E-state index is 0.202. The monoisotopic (exact) mass is 370 g/mol. The van der Waals surface area contributed by atoms with Crippen molar-refractivity contribution in [3.8, 4) is 5.75 Å². The Bertz CT molecular complexity index is 704. The van der Waals surface area contributed by atoms with E-state index in [9.17, 15) is 4.79 Å². The van der Waals surface area contributed by atoms with Crippen molar-refractivity contribution in [2.45, 2.75) is 25.3 Å². The maximum atomic E-state index is 12.7. The van der Waals surface area contributed by atoms with Gasteiger partial charge < -0.3 is 9.64 Å². The average Bonchev–Trinajstić information content (AvgIpc) is 3.31. The number of carbonyl (C=O) groups is 1. The maximum absolute atomic E-state index is 12.7. The lowest BCUT2D eigenvalue weighted by Crippen LogP contribution is -2.42. The molecule has 3 heterocycles. The number of thiophene rings is 1. The second-order valence-corrected chi connectivity index (χ2v) is 8.16. The molecule has 2 aliphatic heterocycles. The molecule has 0 N–H and O–H groups in total. The number of likely N-dealkylation sites (tertiary alicyclic amines) is 2.